The summed E-state index contributed by atoms with van der Waals surface area (Å²) < 4.78 is 39.4. The van der Waals surface area contributed by atoms with Crippen LogP contribution in [0.15, 0.2) is 12.1 Å². The third-order valence-corrected chi connectivity index (χ3v) is 4.50. The van der Waals surface area contributed by atoms with Gasteiger partial charge < -0.3 is 10.2 Å². The van der Waals surface area contributed by atoms with Crippen LogP contribution < -0.4 is 5.32 Å². The lowest BCUT2D eigenvalue weighted by Gasteiger charge is -2.40. The molecule has 0 spiro atoms. The van der Waals surface area contributed by atoms with Crippen LogP contribution in [0.4, 0.5) is 13.2 Å². The number of nitrogens with one attached hydrogen (secondary N) is 1. The molecule has 1 aliphatic rings. The molecule has 1 atom stereocenters. The summed E-state index contributed by atoms with van der Waals surface area (Å²) in [5.41, 5.74) is 0.419. The van der Waals surface area contributed by atoms with Crippen molar-refractivity contribution >= 4 is 0 Å². The molecule has 0 amide bonds. The van der Waals surface area contributed by atoms with Gasteiger partial charge in [-0.15, -0.1) is 0 Å². The third-order valence-electron chi connectivity index (χ3n) is 4.50. The molecule has 23 heavy (non-hydrogen) atoms. The maximum absolute atomic E-state index is 13.2. The topological polar surface area (TPSA) is 18.5 Å². The van der Waals surface area contributed by atoms with Gasteiger partial charge in [0.1, 0.15) is 0 Å². The Balaban J connectivity index is 1.89. The SMILES string of the molecule is CC(C)C(CNCc1cc(F)c(F)c(F)c1)N1CCN(C)CC1. The lowest BCUT2D eigenvalue weighted by molar-refractivity contribution is 0.0875. The minimum Gasteiger partial charge on any atom is -0.311 e. The van der Waals surface area contributed by atoms with Gasteiger partial charge in [-0.25, -0.2) is 13.2 Å². The van der Waals surface area contributed by atoms with Crippen molar-refractivity contribution in [2.75, 3.05) is 39.8 Å². The Morgan fingerprint density at radius 3 is 2.13 bits per heavy atom. The maximum Gasteiger partial charge on any atom is 0.194 e. The van der Waals surface area contributed by atoms with Gasteiger partial charge in [-0.1, -0.05) is 13.8 Å². The van der Waals surface area contributed by atoms with Crippen molar-refractivity contribution in [3.63, 3.8) is 0 Å². The van der Waals surface area contributed by atoms with Gasteiger partial charge in [0, 0.05) is 45.3 Å². The van der Waals surface area contributed by atoms with E-state index in [1.54, 1.807) is 0 Å². The molecular weight excluding hydrogens is 303 g/mol. The maximum atomic E-state index is 13.2. The predicted octanol–water partition coefficient (Wildman–Crippen LogP) is 2.47. The molecule has 1 aliphatic heterocycles. The molecule has 0 saturated carbocycles. The number of likely N-dealkylation sites (N-methyl/N-ethyl adjacent to an activating group) is 1. The fourth-order valence-corrected chi connectivity index (χ4v) is 3.01. The second-order valence-electron chi connectivity index (χ2n) is 6.65. The van der Waals surface area contributed by atoms with E-state index in [-0.39, 0.29) is 0 Å². The van der Waals surface area contributed by atoms with Gasteiger partial charge in [-0.3, -0.25) is 4.90 Å². The molecule has 0 aromatic heterocycles. The van der Waals surface area contributed by atoms with Crippen molar-refractivity contribution in [2.45, 2.75) is 26.4 Å². The zero-order valence-electron chi connectivity index (χ0n) is 14.1. The second kappa shape index (κ2) is 8.13. The van der Waals surface area contributed by atoms with Gasteiger partial charge in [0.2, 0.25) is 0 Å². The fraction of sp³-hybridized carbons (Fsp3) is 0.647. The van der Waals surface area contributed by atoms with Gasteiger partial charge >= 0.3 is 0 Å². The average molecular weight is 329 g/mol. The number of hydrogen-bond donors (Lipinski definition) is 1. The summed E-state index contributed by atoms with van der Waals surface area (Å²) >= 11 is 0. The van der Waals surface area contributed by atoms with Crippen LogP contribution in [-0.2, 0) is 6.54 Å². The predicted molar refractivity (Wildman–Crippen MR) is 85.7 cm³/mol. The molecule has 3 nitrogen and oxygen atoms in total. The largest absolute Gasteiger partial charge is 0.311 e. The summed E-state index contributed by atoms with van der Waals surface area (Å²) in [5, 5.41) is 3.25. The van der Waals surface area contributed by atoms with E-state index < -0.39 is 17.5 Å². The number of halogens is 3. The first-order valence-electron chi connectivity index (χ1n) is 8.15. The molecule has 130 valence electrons. The van der Waals surface area contributed by atoms with Gasteiger partial charge in [-0.05, 0) is 30.7 Å². The monoisotopic (exact) mass is 329 g/mol. The highest BCUT2D eigenvalue weighted by atomic mass is 19.2. The van der Waals surface area contributed by atoms with E-state index in [1.165, 1.54) is 0 Å². The van der Waals surface area contributed by atoms with E-state index in [2.05, 4.69) is 36.0 Å². The molecule has 6 heteroatoms. The van der Waals surface area contributed by atoms with Crippen molar-refractivity contribution in [1.29, 1.82) is 0 Å². The Bertz CT molecular complexity index is 491. The molecule has 1 heterocycles. The second-order valence-corrected chi connectivity index (χ2v) is 6.65. The summed E-state index contributed by atoms with van der Waals surface area (Å²) in [6.07, 6.45) is 0. The Labute approximate surface area is 136 Å². The zero-order valence-corrected chi connectivity index (χ0v) is 14.1. The lowest BCUT2D eigenvalue weighted by Crippen LogP contribution is -2.53. The summed E-state index contributed by atoms with van der Waals surface area (Å²) in [7, 11) is 2.12. The fourth-order valence-electron chi connectivity index (χ4n) is 3.01. The van der Waals surface area contributed by atoms with E-state index >= 15 is 0 Å². The number of rotatable bonds is 6. The van der Waals surface area contributed by atoms with Crippen molar-refractivity contribution < 1.29 is 13.2 Å². The van der Waals surface area contributed by atoms with Crippen molar-refractivity contribution in [3.05, 3.63) is 35.1 Å². The number of hydrogen-bond acceptors (Lipinski definition) is 3. The van der Waals surface area contributed by atoms with Gasteiger partial charge in [0.15, 0.2) is 17.5 Å². The molecule has 1 N–H and O–H groups in total. The zero-order chi connectivity index (χ0) is 17.0. The first-order chi connectivity index (χ1) is 10.9. The highest BCUT2D eigenvalue weighted by molar-refractivity contribution is 5.19. The summed E-state index contributed by atoms with van der Waals surface area (Å²) in [5.74, 6) is -3.21. The Morgan fingerprint density at radius 1 is 1.04 bits per heavy atom. The molecule has 1 unspecified atom stereocenters. The normalized spacial score (nSPS) is 18.6. The number of piperazine rings is 1. The molecular formula is C17H26F3N3. The lowest BCUT2D eigenvalue weighted by atomic mass is 10.0. The van der Waals surface area contributed by atoms with Crippen LogP contribution in [0.3, 0.4) is 0 Å². The van der Waals surface area contributed by atoms with Gasteiger partial charge in [0.05, 0.1) is 0 Å². The molecule has 0 radical (unpaired) electrons. The van der Waals surface area contributed by atoms with Crippen LogP contribution in [0.2, 0.25) is 0 Å². The Hall–Kier alpha value is -1.11. The molecule has 2 rings (SSSR count). The van der Waals surface area contributed by atoms with Gasteiger partial charge in [0.25, 0.3) is 0 Å². The third kappa shape index (κ3) is 4.93. The molecule has 1 fully saturated rings. The molecule has 1 aromatic rings. The minimum atomic E-state index is -1.41. The number of nitrogens with zero attached hydrogens (tertiary/aromatic N) is 2. The number of benzene rings is 1. The van der Waals surface area contributed by atoms with E-state index in [9.17, 15) is 13.2 Å². The summed E-state index contributed by atoms with van der Waals surface area (Å²) in [6.45, 7) is 9.59. The van der Waals surface area contributed by atoms with Crippen LogP contribution in [0.1, 0.15) is 19.4 Å². The van der Waals surface area contributed by atoms with E-state index in [0.29, 0.717) is 24.1 Å². The smallest absolute Gasteiger partial charge is 0.194 e. The van der Waals surface area contributed by atoms with Crippen LogP contribution in [0.5, 0.6) is 0 Å². The Morgan fingerprint density at radius 2 is 1.61 bits per heavy atom. The van der Waals surface area contributed by atoms with Crippen molar-refractivity contribution in [2.24, 2.45) is 5.92 Å². The van der Waals surface area contributed by atoms with Gasteiger partial charge in [-0.2, -0.15) is 0 Å². The molecule has 0 bridgehead atoms. The van der Waals surface area contributed by atoms with Crippen LogP contribution in [-0.4, -0.2) is 55.6 Å². The molecule has 0 aliphatic carbocycles. The van der Waals surface area contributed by atoms with E-state index in [4.69, 9.17) is 0 Å². The standard InChI is InChI=1S/C17H26F3N3/c1-12(2)16(23-6-4-22(3)5-7-23)11-21-10-13-8-14(18)17(20)15(19)9-13/h8-9,12,16,21H,4-7,10-11H2,1-3H3. The van der Waals surface area contributed by atoms with Crippen LogP contribution >= 0.6 is 0 Å². The average Bonchev–Trinajstić information content (AvgIpc) is 2.50. The van der Waals surface area contributed by atoms with E-state index in [0.717, 1.165) is 44.9 Å². The summed E-state index contributed by atoms with van der Waals surface area (Å²) in [4.78, 5) is 4.77. The van der Waals surface area contributed by atoms with Crippen LogP contribution in [0, 0.1) is 23.4 Å². The molecule has 1 saturated heterocycles. The highest BCUT2D eigenvalue weighted by Gasteiger charge is 2.24. The highest BCUT2D eigenvalue weighted by Crippen LogP contribution is 2.15. The molecule has 1 aromatic carbocycles. The first kappa shape index (κ1) is 18.2. The van der Waals surface area contributed by atoms with Crippen LogP contribution in [0.25, 0.3) is 0 Å². The Kier molecular flexibility index (Phi) is 6.44. The minimum absolute atomic E-state index is 0.324. The quantitative estimate of drug-likeness (QED) is 0.809. The van der Waals surface area contributed by atoms with Crippen molar-refractivity contribution in [1.82, 2.24) is 15.1 Å². The first-order valence-corrected chi connectivity index (χ1v) is 8.15. The van der Waals surface area contributed by atoms with E-state index in [1.807, 2.05) is 0 Å². The van der Waals surface area contributed by atoms with Crippen molar-refractivity contribution in [3.8, 4) is 0 Å². The summed E-state index contributed by atoms with van der Waals surface area (Å²) in [6, 6.07) is 2.47.